The van der Waals surface area contributed by atoms with Crippen LogP contribution in [0, 0.1) is 22.9 Å². The Balaban J connectivity index is 1.37. The van der Waals surface area contributed by atoms with E-state index in [0.29, 0.717) is 18.5 Å². The van der Waals surface area contributed by atoms with Gasteiger partial charge in [0.05, 0.1) is 4.92 Å². The van der Waals surface area contributed by atoms with E-state index < -0.39 is 16.7 Å². The molecule has 0 atom stereocenters. The van der Waals surface area contributed by atoms with Crippen molar-refractivity contribution >= 4 is 28.9 Å². The van der Waals surface area contributed by atoms with E-state index in [2.05, 4.69) is 20.4 Å². The average Bonchev–Trinajstić information content (AvgIpc) is 2.78. The number of nitrogens with zero attached hydrogens (tertiary/aromatic N) is 3. The van der Waals surface area contributed by atoms with E-state index in [0.717, 1.165) is 38.4 Å². The molecule has 0 unspecified atom stereocenters. The molecule has 2 aromatic carbocycles. The van der Waals surface area contributed by atoms with Crippen molar-refractivity contribution in [2.45, 2.75) is 13.3 Å². The van der Waals surface area contributed by atoms with Crippen LogP contribution in [0.3, 0.4) is 0 Å². The highest BCUT2D eigenvalue weighted by Gasteiger charge is 2.20. The van der Waals surface area contributed by atoms with Crippen LogP contribution >= 0.6 is 0 Å². The monoisotopic (exact) mass is 443 g/mol. The number of piperazine rings is 1. The van der Waals surface area contributed by atoms with Gasteiger partial charge in [-0.2, -0.15) is 0 Å². The van der Waals surface area contributed by atoms with Gasteiger partial charge in [0.2, 0.25) is 0 Å². The summed E-state index contributed by atoms with van der Waals surface area (Å²) < 4.78 is 13.1. The summed E-state index contributed by atoms with van der Waals surface area (Å²) in [6.45, 7) is 6.15. The predicted octanol–water partition coefficient (Wildman–Crippen LogP) is 2.31. The first-order valence-corrected chi connectivity index (χ1v) is 10.4. The van der Waals surface area contributed by atoms with Crippen molar-refractivity contribution in [2.24, 2.45) is 0 Å². The van der Waals surface area contributed by atoms with Gasteiger partial charge in [0.15, 0.2) is 0 Å². The number of nitro groups is 1. The van der Waals surface area contributed by atoms with Gasteiger partial charge in [-0.15, -0.1) is 0 Å². The summed E-state index contributed by atoms with van der Waals surface area (Å²) in [7, 11) is 0. The summed E-state index contributed by atoms with van der Waals surface area (Å²) in [4.78, 5) is 39.1. The van der Waals surface area contributed by atoms with Crippen LogP contribution in [0.25, 0.3) is 0 Å². The Morgan fingerprint density at radius 2 is 1.75 bits per heavy atom. The van der Waals surface area contributed by atoms with E-state index in [1.54, 1.807) is 25.1 Å². The smallest absolute Gasteiger partial charge is 0.313 e. The van der Waals surface area contributed by atoms with E-state index in [9.17, 15) is 24.1 Å². The maximum absolute atomic E-state index is 13.1. The lowest BCUT2D eigenvalue weighted by atomic mass is 10.2. The van der Waals surface area contributed by atoms with Gasteiger partial charge in [-0.1, -0.05) is 6.07 Å². The molecule has 2 N–H and O–H groups in total. The molecular formula is C22H26FN5O4. The average molecular weight is 443 g/mol. The van der Waals surface area contributed by atoms with Gasteiger partial charge in [-0.25, -0.2) is 4.39 Å². The number of nitrogens with one attached hydrogen (secondary N) is 2. The molecule has 1 heterocycles. The maximum Gasteiger partial charge on any atom is 0.313 e. The number of anilines is 2. The van der Waals surface area contributed by atoms with Crippen LogP contribution in [-0.2, 0) is 9.59 Å². The lowest BCUT2D eigenvalue weighted by Crippen LogP contribution is -2.47. The summed E-state index contributed by atoms with van der Waals surface area (Å²) in [5.74, 6) is -2.02. The first-order chi connectivity index (χ1) is 15.3. The molecule has 2 amide bonds. The highest BCUT2D eigenvalue weighted by atomic mass is 19.1. The topological polar surface area (TPSA) is 108 Å². The van der Waals surface area contributed by atoms with Gasteiger partial charge in [0.1, 0.15) is 11.5 Å². The van der Waals surface area contributed by atoms with E-state index in [1.165, 1.54) is 24.3 Å². The Kier molecular flexibility index (Phi) is 7.72. The number of hydrogen-bond donors (Lipinski definition) is 2. The quantitative estimate of drug-likeness (QED) is 0.294. The minimum Gasteiger partial charge on any atom is -0.369 e. The second-order valence-electron chi connectivity index (χ2n) is 7.65. The van der Waals surface area contributed by atoms with Gasteiger partial charge >= 0.3 is 11.8 Å². The molecule has 0 radical (unpaired) electrons. The number of amides is 2. The molecule has 1 fully saturated rings. The molecule has 9 nitrogen and oxygen atoms in total. The first kappa shape index (κ1) is 23.1. The van der Waals surface area contributed by atoms with Crippen LogP contribution in [0.2, 0.25) is 0 Å². The zero-order valence-corrected chi connectivity index (χ0v) is 17.8. The Morgan fingerprint density at radius 3 is 2.41 bits per heavy atom. The lowest BCUT2D eigenvalue weighted by molar-refractivity contribution is -0.384. The summed E-state index contributed by atoms with van der Waals surface area (Å²) >= 11 is 0. The minimum atomic E-state index is -0.940. The van der Waals surface area contributed by atoms with Gasteiger partial charge in [-0.3, -0.25) is 24.6 Å². The number of benzene rings is 2. The summed E-state index contributed by atoms with van der Waals surface area (Å²) in [5.41, 5.74) is 1.40. The largest absolute Gasteiger partial charge is 0.369 e. The molecular weight excluding hydrogens is 417 g/mol. The van der Waals surface area contributed by atoms with Crippen molar-refractivity contribution in [3.63, 3.8) is 0 Å². The molecule has 32 heavy (non-hydrogen) atoms. The maximum atomic E-state index is 13.1. The summed E-state index contributed by atoms with van der Waals surface area (Å²) in [6.07, 6.45) is 0.667. The van der Waals surface area contributed by atoms with Crippen molar-refractivity contribution in [1.29, 1.82) is 0 Å². The molecule has 0 aromatic heterocycles. The molecule has 3 rings (SSSR count). The van der Waals surface area contributed by atoms with Crippen LogP contribution in [0.5, 0.6) is 0 Å². The van der Waals surface area contributed by atoms with Crippen molar-refractivity contribution < 1.29 is 18.9 Å². The molecule has 1 aliphatic heterocycles. The fraction of sp³-hybridized carbons (Fsp3) is 0.364. The van der Waals surface area contributed by atoms with Crippen LogP contribution in [0.15, 0.2) is 42.5 Å². The van der Waals surface area contributed by atoms with E-state index >= 15 is 0 Å². The third-order valence-corrected chi connectivity index (χ3v) is 5.31. The Labute approximate surface area is 185 Å². The van der Waals surface area contributed by atoms with Gasteiger partial charge in [0.25, 0.3) is 5.69 Å². The number of nitro benzene ring substituents is 1. The van der Waals surface area contributed by atoms with Gasteiger partial charge < -0.3 is 15.5 Å². The number of aryl methyl sites for hydroxylation is 1. The van der Waals surface area contributed by atoms with Crippen molar-refractivity contribution in [1.82, 2.24) is 10.2 Å². The molecule has 10 heteroatoms. The number of halogens is 1. The highest BCUT2D eigenvalue weighted by molar-refractivity contribution is 6.39. The lowest BCUT2D eigenvalue weighted by Gasteiger charge is -2.36. The van der Waals surface area contributed by atoms with Gasteiger partial charge in [-0.05, 0) is 55.8 Å². The Morgan fingerprint density at radius 1 is 1.06 bits per heavy atom. The van der Waals surface area contributed by atoms with Gasteiger partial charge in [0, 0.05) is 44.5 Å². The minimum absolute atomic E-state index is 0.0141. The SMILES string of the molecule is Cc1ccc(NC(=O)C(=O)NCCCN2CCN(c3ccc(F)cc3)CC2)c([N+](=O)[O-])c1. The standard InChI is InChI=1S/C22H26FN5O4/c1-16-3-8-19(20(15-16)28(31)32)25-22(30)21(29)24-9-2-10-26-11-13-27(14-12-26)18-6-4-17(23)5-7-18/h3-8,15H,2,9-14H2,1H3,(H,24,29)(H,25,30). The molecule has 170 valence electrons. The van der Waals surface area contributed by atoms with Crippen LogP contribution in [0.4, 0.5) is 21.5 Å². The Hall–Kier alpha value is -3.53. The van der Waals surface area contributed by atoms with Crippen LogP contribution < -0.4 is 15.5 Å². The summed E-state index contributed by atoms with van der Waals surface area (Å²) in [6, 6.07) is 10.8. The normalized spacial score (nSPS) is 14.1. The van der Waals surface area contributed by atoms with Crippen molar-refractivity contribution in [2.75, 3.05) is 49.5 Å². The fourth-order valence-corrected chi connectivity index (χ4v) is 3.54. The molecule has 1 aliphatic rings. The third kappa shape index (κ3) is 6.24. The molecule has 0 aliphatic carbocycles. The number of hydrogen-bond acceptors (Lipinski definition) is 6. The fourth-order valence-electron chi connectivity index (χ4n) is 3.54. The zero-order valence-electron chi connectivity index (χ0n) is 17.8. The number of rotatable bonds is 7. The second-order valence-corrected chi connectivity index (χ2v) is 7.65. The molecule has 0 saturated carbocycles. The van der Waals surface area contributed by atoms with E-state index in [1.807, 2.05) is 0 Å². The Bertz CT molecular complexity index is 975. The van der Waals surface area contributed by atoms with E-state index in [-0.39, 0.29) is 17.2 Å². The summed E-state index contributed by atoms with van der Waals surface area (Å²) in [5, 5.41) is 16.0. The number of carbonyl (C=O) groups is 2. The third-order valence-electron chi connectivity index (χ3n) is 5.31. The van der Waals surface area contributed by atoms with Crippen LogP contribution in [0.1, 0.15) is 12.0 Å². The zero-order chi connectivity index (χ0) is 23.1. The van der Waals surface area contributed by atoms with Crippen LogP contribution in [-0.4, -0.2) is 60.9 Å². The molecule has 1 saturated heterocycles. The highest BCUT2D eigenvalue weighted by Crippen LogP contribution is 2.25. The molecule has 0 spiro atoms. The molecule has 0 bridgehead atoms. The number of carbonyl (C=O) groups excluding carboxylic acids is 2. The van der Waals surface area contributed by atoms with Crippen molar-refractivity contribution in [3.8, 4) is 0 Å². The predicted molar refractivity (Wildman–Crippen MR) is 119 cm³/mol. The second kappa shape index (κ2) is 10.7. The first-order valence-electron chi connectivity index (χ1n) is 10.4. The van der Waals surface area contributed by atoms with E-state index in [4.69, 9.17) is 0 Å². The van der Waals surface area contributed by atoms with Crippen molar-refractivity contribution in [3.05, 3.63) is 64.0 Å². The molecule has 2 aromatic rings.